The van der Waals surface area contributed by atoms with Gasteiger partial charge in [0.1, 0.15) is 0 Å². The number of ether oxygens (including phenoxy) is 2. The molecule has 3 aliphatic heterocycles. The molecule has 0 radical (unpaired) electrons. The normalized spacial score (nSPS) is 30.1. The maximum absolute atomic E-state index is 13.8. The quantitative estimate of drug-likeness (QED) is 0.316. The van der Waals surface area contributed by atoms with Crippen LogP contribution in [0.5, 0.6) is 0 Å². The van der Waals surface area contributed by atoms with Crippen LogP contribution < -0.4 is 4.90 Å². The Hall–Kier alpha value is -2.78. The highest BCUT2D eigenvalue weighted by atomic mass is 16.5. The van der Waals surface area contributed by atoms with Gasteiger partial charge in [-0.25, -0.2) is 4.79 Å². The predicted octanol–water partition coefficient (Wildman–Crippen LogP) is 2.73. The monoisotopic (exact) mass is 422 g/mol. The maximum atomic E-state index is 13.8. The number of methoxy groups -OCH3 is 2. The summed E-state index contributed by atoms with van der Waals surface area (Å²) >= 11 is 0. The zero-order chi connectivity index (χ0) is 22.2. The van der Waals surface area contributed by atoms with E-state index < -0.39 is 5.41 Å². The largest absolute Gasteiger partial charge is 0.504 e. The smallest absolute Gasteiger partial charge is 0.337 e. The first-order chi connectivity index (χ1) is 15.0. The molecule has 0 unspecified atom stereocenters. The standard InChI is InChI=1S/C25H30N2O4/c1-5-12-27-21-10-8-7-9-20(21)25(24(27)29)11-13-26-15-17(6-2)18(14-22(25)26)19(16-30-3)23(28)31-4/h1,7-10,16-18,22H,6,11-15H2,2-4H3/b19-16+/t17-,18+,22+,25-/m1/s1. The highest BCUT2D eigenvalue weighted by Gasteiger charge is 2.62. The summed E-state index contributed by atoms with van der Waals surface area (Å²) in [5, 5.41) is 0. The van der Waals surface area contributed by atoms with E-state index in [1.807, 2.05) is 18.2 Å². The van der Waals surface area contributed by atoms with Crippen LogP contribution in [0, 0.1) is 24.2 Å². The number of para-hydroxylation sites is 1. The minimum Gasteiger partial charge on any atom is -0.504 e. The second-order valence-corrected chi connectivity index (χ2v) is 8.66. The lowest BCUT2D eigenvalue weighted by Crippen LogP contribution is -2.55. The number of amides is 1. The van der Waals surface area contributed by atoms with Crippen molar-refractivity contribution < 1.29 is 19.1 Å². The molecule has 0 aromatic heterocycles. The Labute approximate surface area is 184 Å². The number of esters is 1. The van der Waals surface area contributed by atoms with Gasteiger partial charge in [0, 0.05) is 18.3 Å². The molecule has 1 aromatic carbocycles. The third kappa shape index (κ3) is 3.14. The molecule has 6 nitrogen and oxygen atoms in total. The number of fused-ring (bicyclic) bond motifs is 4. The average Bonchev–Trinajstić information content (AvgIpc) is 3.28. The Morgan fingerprint density at radius 1 is 1.35 bits per heavy atom. The Bertz CT molecular complexity index is 949. The Kier molecular flexibility index (Phi) is 5.81. The first kappa shape index (κ1) is 21.5. The molecule has 0 bridgehead atoms. The Morgan fingerprint density at radius 2 is 2.13 bits per heavy atom. The van der Waals surface area contributed by atoms with E-state index in [1.54, 1.807) is 12.0 Å². The van der Waals surface area contributed by atoms with Crippen LogP contribution in [-0.2, 0) is 24.5 Å². The molecule has 3 heterocycles. The van der Waals surface area contributed by atoms with Crippen molar-refractivity contribution in [1.29, 1.82) is 0 Å². The van der Waals surface area contributed by atoms with E-state index in [2.05, 4.69) is 23.8 Å². The second kappa shape index (κ2) is 8.39. The number of carbonyl (C=O) groups is 2. The molecule has 4 atom stereocenters. The topological polar surface area (TPSA) is 59.1 Å². The molecule has 0 saturated carbocycles. The third-order valence-electron chi connectivity index (χ3n) is 7.46. The van der Waals surface area contributed by atoms with E-state index in [1.165, 1.54) is 13.4 Å². The summed E-state index contributed by atoms with van der Waals surface area (Å²) in [5.74, 6) is 2.63. The highest BCUT2D eigenvalue weighted by Crippen LogP contribution is 2.54. The number of anilines is 1. The summed E-state index contributed by atoms with van der Waals surface area (Å²) in [4.78, 5) is 30.6. The first-order valence-corrected chi connectivity index (χ1v) is 10.9. The second-order valence-electron chi connectivity index (χ2n) is 8.66. The van der Waals surface area contributed by atoms with Crippen LogP contribution >= 0.6 is 0 Å². The third-order valence-corrected chi connectivity index (χ3v) is 7.46. The number of nitrogens with zero attached hydrogens (tertiary/aromatic N) is 2. The van der Waals surface area contributed by atoms with Crippen molar-refractivity contribution in [2.24, 2.45) is 11.8 Å². The Morgan fingerprint density at radius 3 is 2.81 bits per heavy atom. The molecule has 164 valence electrons. The van der Waals surface area contributed by atoms with Gasteiger partial charge in [0.05, 0.1) is 38.0 Å². The van der Waals surface area contributed by atoms with E-state index in [0.717, 1.165) is 37.2 Å². The number of hydrogen-bond donors (Lipinski definition) is 0. The summed E-state index contributed by atoms with van der Waals surface area (Å²) in [7, 11) is 2.94. The lowest BCUT2D eigenvalue weighted by molar-refractivity contribution is -0.137. The molecule has 1 amide bonds. The number of rotatable bonds is 5. The minimum absolute atomic E-state index is 0.00152. The van der Waals surface area contributed by atoms with Gasteiger partial charge >= 0.3 is 5.97 Å². The summed E-state index contributed by atoms with van der Waals surface area (Å²) in [6.07, 6.45) is 9.52. The number of benzene rings is 1. The van der Waals surface area contributed by atoms with E-state index in [0.29, 0.717) is 17.9 Å². The van der Waals surface area contributed by atoms with Crippen LogP contribution in [0.25, 0.3) is 0 Å². The molecule has 4 rings (SSSR count). The van der Waals surface area contributed by atoms with Crippen molar-refractivity contribution >= 4 is 17.6 Å². The summed E-state index contributed by atoms with van der Waals surface area (Å²) in [6.45, 7) is 4.12. The number of hydrogen-bond acceptors (Lipinski definition) is 5. The van der Waals surface area contributed by atoms with Crippen LogP contribution in [0.1, 0.15) is 31.7 Å². The molecule has 1 spiro atoms. The van der Waals surface area contributed by atoms with Crippen molar-refractivity contribution in [2.75, 3.05) is 38.8 Å². The van der Waals surface area contributed by atoms with Crippen LogP contribution in [0.4, 0.5) is 5.69 Å². The van der Waals surface area contributed by atoms with Crippen molar-refractivity contribution in [3.8, 4) is 12.3 Å². The SMILES string of the molecule is C#CCN1C(=O)[C@]2(CCN3C[C@@H](CC)[C@@H](/C(=C\OC)C(=O)OC)C[C@H]32)c2ccccc21. The van der Waals surface area contributed by atoms with Gasteiger partial charge in [-0.05, 0) is 42.9 Å². The first-order valence-electron chi connectivity index (χ1n) is 10.9. The number of piperidine rings is 1. The van der Waals surface area contributed by atoms with Crippen LogP contribution in [0.3, 0.4) is 0 Å². The van der Waals surface area contributed by atoms with Gasteiger partial charge in [0.25, 0.3) is 0 Å². The van der Waals surface area contributed by atoms with Gasteiger partial charge < -0.3 is 9.47 Å². The summed E-state index contributed by atoms with van der Waals surface area (Å²) in [6, 6.07) is 8.01. The molecule has 0 N–H and O–H groups in total. The molecule has 2 saturated heterocycles. The van der Waals surface area contributed by atoms with Crippen molar-refractivity contribution in [1.82, 2.24) is 4.90 Å². The van der Waals surface area contributed by atoms with E-state index in [4.69, 9.17) is 15.9 Å². The molecule has 1 aromatic rings. The molecule has 2 fully saturated rings. The molecule has 31 heavy (non-hydrogen) atoms. The minimum atomic E-state index is -0.626. The maximum Gasteiger partial charge on any atom is 0.337 e. The van der Waals surface area contributed by atoms with Gasteiger partial charge in [0.2, 0.25) is 5.91 Å². The lowest BCUT2D eigenvalue weighted by Gasteiger charge is -2.45. The van der Waals surface area contributed by atoms with E-state index in [-0.39, 0.29) is 30.4 Å². The molecule has 3 aliphatic rings. The number of carbonyl (C=O) groups excluding carboxylic acids is 2. The van der Waals surface area contributed by atoms with Gasteiger partial charge in [-0.3, -0.25) is 14.6 Å². The zero-order valence-electron chi connectivity index (χ0n) is 18.5. The van der Waals surface area contributed by atoms with Gasteiger partial charge in [-0.1, -0.05) is 37.5 Å². The van der Waals surface area contributed by atoms with Gasteiger partial charge in [0.15, 0.2) is 0 Å². The fourth-order valence-corrected chi connectivity index (χ4v) is 6.07. The molecule has 6 heteroatoms. The van der Waals surface area contributed by atoms with E-state index in [9.17, 15) is 9.59 Å². The van der Waals surface area contributed by atoms with Crippen LogP contribution in [-0.4, -0.2) is 56.7 Å². The van der Waals surface area contributed by atoms with Gasteiger partial charge in [-0.15, -0.1) is 6.42 Å². The number of terminal acetylenes is 1. The lowest BCUT2D eigenvalue weighted by atomic mass is 9.67. The zero-order valence-corrected chi connectivity index (χ0v) is 18.5. The summed E-state index contributed by atoms with van der Waals surface area (Å²) in [5.41, 5.74) is 1.91. The van der Waals surface area contributed by atoms with Crippen molar-refractivity contribution in [3.63, 3.8) is 0 Å². The summed E-state index contributed by atoms with van der Waals surface area (Å²) < 4.78 is 10.3. The van der Waals surface area contributed by atoms with Crippen molar-refractivity contribution in [2.45, 2.75) is 37.6 Å². The van der Waals surface area contributed by atoms with Gasteiger partial charge in [-0.2, -0.15) is 0 Å². The molecular formula is C25H30N2O4. The predicted molar refractivity (Wildman–Crippen MR) is 118 cm³/mol. The average molecular weight is 423 g/mol. The fraction of sp³-hybridized carbons (Fsp3) is 0.520. The molecular weight excluding hydrogens is 392 g/mol. The highest BCUT2D eigenvalue weighted by molar-refractivity contribution is 6.09. The van der Waals surface area contributed by atoms with Crippen LogP contribution in [0.15, 0.2) is 36.1 Å². The van der Waals surface area contributed by atoms with E-state index >= 15 is 0 Å². The Balaban J connectivity index is 1.77. The van der Waals surface area contributed by atoms with Crippen molar-refractivity contribution in [3.05, 3.63) is 41.7 Å². The van der Waals surface area contributed by atoms with Crippen LogP contribution in [0.2, 0.25) is 0 Å². The molecule has 0 aliphatic carbocycles. The fourth-order valence-electron chi connectivity index (χ4n) is 6.07.